The Balaban J connectivity index is 1.91. The van der Waals surface area contributed by atoms with Crippen LogP contribution in [0.2, 0.25) is 0 Å². The minimum absolute atomic E-state index is 0.0991. The van der Waals surface area contributed by atoms with E-state index in [0.29, 0.717) is 6.54 Å². The van der Waals surface area contributed by atoms with E-state index in [4.69, 9.17) is 9.15 Å². The Kier molecular flexibility index (Phi) is 5.55. The van der Waals surface area contributed by atoms with Gasteiger partial charge in [-0.25, -0.2) is 4.79 Å². The average Bonchev–Trinajstić information content (AvgIpc) is 2.81. The molecule has 0 spiro atoms. The highest BCUT2D eigenvalue weighted by Gasteiger charge is 2.33. The summed E-state index contributed by atoms with van der Waals surface area (Å²) < 4.78 is 11.7. The van der Waals surface area contributed by atoms with Crippen LogP contribution >= 0.6 is 15.9 Å². The molecule has 0 radical (unpaired) electrons. The van der Waals surface area contributed by atoms with Crippen LogP contribution in [0, 0.1) is 0 Å². The number of carbonyl (C=O) groups excluding carboxylic acids is 1. The monoisotopic (exact) mass is 372 g/mol. The molecule has 2 rings (SSSR count). The SMILES string of the molecule is CC1C(NCc2ccc(Br)o2)CCCN1C(=O)OC(C)(C)C. The zero-order valence-corrected chi connectivity index (χ0v) is 15.3. The normalized spacial score (nSPS) is 22.7. The summed E-state index contributed by atoms with van der Waals surface area (Å²) in [5, 5.41) is 3.48. The van der Waals surface area contributed by atoms with Gasteiger partial charge in [0.15, 0.2) is 4.67 Å². The number of piperidine rings is 1. The number of carbonyl (C=O) groups is 1. The number of amides is 1. The maximum absolute atomic E-state index is 12.3. The van der Waals surface area contributed by atoms with Gasteiger partial charge in [0.25, 0.3) is 0 Å². The van der Waals surface area contributed by atoms with E-state index in [-0.39, 0.29) is 18.2 Å². The molecule has 124 valence electrons. The fraction of sp³-hybridized carbons (Fsp3) is 0.688. The summed E-state index contributed by atoms with van der Waals surface area (Å²) in [6.07, 6.45) is 1.79. The van der Waals surface area contributed by atoms with Gasteiger partial charge in [0.05, 0.1) is 6.54 Å². The van der Waals surface area contributed by atoms with Crippen molar-refractivity contribution in [2.75, 3.05) is 6.54 Å². The van der Waals surface area contributed by atoms with Crippen LogP contribution < -0.4 is 5.32 Å². The van der Waals surface area contributed by atoms with Gasteiger partial charge in [-0.2, -0.15) is 0 Å². The second kappa shape index (κ2) is 7.04. The first-order valence-electron chi connectivity index (χ1n) is 7.73. The summed E-state index contributed by atoms with van der Waals surface area (Å²) in [7, 11) is 0. The lowest BCUT2D eigenvalue weighted by Crippen LogP contribution is -2.55. The first kappa shape index (κ1) is 17.3. The maximum atomic E-state index is 12.3. The third-order valence-electron chi connectivity index (χ3n) is 3.78. The number of nitrogens with zero attached hydrogens (tertiary/aromatic N) is 1. The summed E-state index contributed by atoms with van der Waals surface area (Å²) in [5.74, 6) is 0.883. The predicted octanol–water partition coefficient (Wildman–Crippen LogP) is 3.92. The van der Waals surface area contributed by atoms with Crippen LogP contribution in [0.15, 0.2) is 21.2 Å². The Bertz CT molecular complexity index is 510. The molecule has 1 aliphatic heterocycles. The lowest BCUT2D eigenvalue weighted by atomic mass is 9.98. The fourth-order valence-corrected chi connectivity index (χ4v) is 3.01. The molecule has 5 nitrogen and oxygen atoms in total. The molecule has 1 aliphatic rings. The van der Waals surface area contributed by atoms with Crippen molar-refractivity contribution in [1.82, 2.24) is 10.2 Å². The molecule has 6 heteroatoms. The van der Waals surface area contributed by atoms with Crippen molar-refractivity contribution in [1.29, 1.82) is 0 Å². The Hall–Kier alpha value is -1.01. The van der Waals surface area contributed by atoms with Crippen molar-refractivity contribution in [3.63, 3.8) is 0 Å². The highest BCUT2D eigenvalue weighted by atomic mass is 79.9. The van der Waals surface area contributed by atoms with E-state index in [1.54, 1.807) is 0 Å². The summed E-state index contributed by atoms with van der Waals surface area (Å²) in [5.41, 5.74) is -0.461. The third-order valence-corrected chi connectivity index (χ3v) is 4.21. The van der Waals surface area contributed by atoms with Crippen molar-refractivity contribution in [3.05, 3.63) is 22.6 Å². The number of rotatable bonds is 3. The van der Waals surface area contributed by atoms with E-state index >= 15 is 0 Å². The van der Waals surface area contributed by atoms with Gasteiger partial charge in [-0.1, -0.05) is 0 Å². The molecular formula is C16H25BrN2O3. The molecule has 2 unspecified atom stereocenters. The van der Waals surface area contributed by atoms with E-state index in [1.807, 2.05) is 37.8 Å². The Labute approximate surface area is 140 Å². The van der Waals surface area contributed by atoms with Crippen LogP contribution in [0.1, 0.15) is 46.3 Å². The lowest BCUT2D eigenvalue weighted by molar-refractivity contribution is 0.00690. The number of halogens is 1. The van der Waals surface area contributed by atoms with Crippen LogP contribution in [-0.4, -0.2) is 35.2 Å². The zero-order chi connectivity index (χ0) is 16.3. The van der Waals surface area contributed by atoms with E-state index < -0.39 is 5.60 Å². The smallest absolute Gasteiger partial charge is 0.410 e. The van der Waals surface area contributed by atoms with Crippen molar-refractivity contribution >= 4 is 22.0 Å². The van der Waals surface area contributed by atoms with Gasteiger partial charge in [-0.3, -0.25) is 0 Å². The molecule has 1 saturated heterocycles. The molecule has 1 N–H and O–H groups in total. The first-order valence-corrected chi connectivity index (χ1v) is 8.53. The summed E-state index contributed by atoms with van der Waals surface area (Å²) in [4.78, 5) is 14.1. The van der Waals surface area contributed by atoms with Crippen molar-refractivity contribution in [3.8, 4) is 0 Å². The zero-order valence-electron chi connectivity index (χ0n) is 13.7. The molecule has 1 amide bonds. The number of hydrogen-bond acceptors (Lipinski definition) is 4. The maximum Gasteiger partial charge on any atom is 0.410 e. The van der Waals surface area contributed by atoms with Crippen molar-refractivity contribution in [2.45, 2.75) is 64.8 Å². The van der Waals surface area contributed by atoms with Gasteiger partial charge in [0.2, 0.25) is 0 Å². The third kappa shape index (κ3) is 4.74. The number of nitrogens with one attached hydrogen (secondary N) is 1. The highest BCUT2D eigenvalue weighted by molar-refractivity contribution is 9.10. The van der Waals surface area contributed by atoms with Gasteiger partial charge in [0.1, 0.15) is 11.4 Å². The molecule has 0 aliphatic carbocycles. The largest absolute Gasteiger partial charge is 0.453 e. The van der Waals surface area contributed by atoms with Gasteiger partial charge < -0.3 is 19.4 Å². The Morgan fingerprint density at radius 1 is 1.50 bits per heavy atom. The van der Waals surface area contributed by atoms with Crippen LogP contribution in [-0.2, 0) is 11.3 Å². The molecule has 0 aromatic carbocycles. The molecule has 22 heavy (non-hydrogen) atoms. The van der Waals surface area contributed by atoms with Crippen LogP contribution in [0.3, 0.4) is 0 Å². The first-order chi connectivity index (χ1) is 10.3. The number of ether oxygens (including phenoxy) is 1. The molecule has 1 aromatic heterocycles. The van der Waals surface area contributed by atoms with Crippen LogP contribution in [0.5, 0.6) is 0 Å². The molecule has 2 atom stereocenters. The quantitative estimate of drug-likeness (QED) is 0.873. The van der Waals surface area contributed by atoms with Crippen LogP contribution in [0.4, 0.5) is 4.79 Å². The minimum Gasteiger partial charge on any atom is -0.453 e. The van der Waals surface area contributed by atoms with Gasteiger partial charge >= 0.3 is 6.09 Å². The molecule has 2 heterocycles. The van der Waals surface area contributed by atoms with E-state index in [0.717, 1.165) is 29.8 Å². The van der Waals surface area contributed by atoms with Crippen LogP contribution in [0.25, 0.3) is 0 Å². The highest BCUT2D eigenvalue weighted by Crippen LogP contribution is 2.21. The summed E-state index contributed by atoms with van der Waals surface area (Å²) in [6.45, 7) is 9.15. The second-order valence-corrected chi connectivity index (χ2v) is 7.53. The number of likely N-dealkylation sites (tertiary alicyclic amines) is 1. The topological polar surface area (TPSA) is 54.7 Å². The number of furan rings is 1. The Morgan fingerprint density at radius 3 is 2.82 bits per heavy atom. The molecule has 0 saturated carbocycles. The van der Waals surface area contributed by atoms with E-state index in [9.17, 15) is 4.79 Å². The molecule has 1 aromatic rings. The summed E-state index contributed by atoms with van der Waals surface area (Å²) >= 11 is 3.30. The number of hydrogen-bond donors (Lipinski definition) is 1. The molecule has 1 fully saturated rings. The van der Waals surface area contributed by atoms with Crippen molar-refractivity contribution < 1.29 is 13.9 Å². The Morgan fingerprint density at radius 2 is 2.23 bits per heavy atom. The van der Waals surface area contributed by atoms with Crippen molar-refractivity contribution in [2.24, 2.45) is 0 Å². The minimum atomic E-state index is -0.461. The molecule has 0 bridgehead atoms. The van der Waals surface area contributed by atoms with E-state index in [1.165, 1.54) is 0 Å². The lowest BCUT2D eigenvalue weighted by Gasteiger charge is -2.40. The second-order valence-electron chi connectivity index (χ2n) is 6.75. The summed E-state index contributed by atoms with van der Waals surface area (Å²) in [6, 6.07) is 4.16. The average molecular weight is 373 g/mol. The van der Waals surface area contributed by atoms with Gasteiger partial charge in [-0.15, -0.1) is 0 Å². The van der Waals surface area contributed by atoms with Gasteiger partial charge in [-0.05, 0) is 68.6 Å². The predicted molar refractivity (Wildman–Crippen MR) is 88.7 cm³/mol. The van der Waals surface area contributed by atoms with Gasteiger partial charge in [0, 0.05) is 18.6 Å². The van der Waals surface area contributed by atoms with E-state index in [2.05, 4.69) is 28.2 Å². The standard InChI is InChI=1S/C16H25BrN2O3/c1-11-13(18-10-12-7-8-14(17)21-12)6-5-9-19(11)15(20)22-16(2,3)4/h7-8,11,13,18H,5-6,9-10H2,1-4H3. The molecular weight excluding hydrogens is 348 g/mol. The fourth-order valence-electron chi connectivity index (χ4n) is 2.67.